The lowest BCUT2D eigenvalue weighted by Gasteiger charge is -2.09. The number of hydrogen-bond acceptors (Lipinski definition) is 5. The van der Waals surface area contributed by atoms with Crippen LogP contribution in [0.15, 0.2) is 24.3 Å². The quantitative estimate of drug-likeness (QED) is 0.425. The molecule has 1 amide bonds. The number of rotatable bonds is 8. The van der Waals surface area contributed by atoms with Crippen molar-refractivity contribution in [2.45, 2.75) is 46.1 Å². The zero-order chi connectivity index (χ0) is 21.4. The predicted octanol–water partition coefficient (Wildman–Crippen LogP) is 3.44. The van der Waals surface area contributed by atoms with E-state index in [0.29, 0.717) is 5.52 Å². The number of pyridine rings is 1. The van der Waals surface area contributed by atoms with Gasteiger partial charge in [-0.25, -0.2) is 9.97 Å². The molecule has 0 aliphatic rings. The van der Waals surface area contributed by atoms with E-state index in [2.05, 4.69) is 26.8 Å². The lowest BCUT2D eigenvalue weighted by atomic mass is 10.1. The SMILES string of the molecule is Br.CCCCCCn1c(C)nc2c(C(N)=O)nc3ccccc3c21.CNCC(=O)O. The summed E-state index contributed by atoms with van der Waals surface area (Å²) in [4.78, 5) is 30.3. The van der Waals surface area contributed by atoms with Crippen molar-refractivity contribution in [2.24, 2.45) is 5.73 Å². The Labute approximate surface area is 186 Å². The summed E-state index contributed by atoms with van der Waals surface area (Å²) < 4.78 is 2.20. The van der Waals surface area contributed by atoms with Gasteiger partial charge in [-0.3, -0.25) is 9.59 Å². The minimum Gasteiger partial charge on any atom is -0.480 e. The van der Waals surface area contributed by atoms with Crippen LogP contribution in [0.4, 0.5) is 0 Å². The van der Waals surface area contributed by atoms with Gasteiger partial charge in [0.05, 0.1) is 17.6 Å². The summed E-state index contributed by atoms with van der Waals surface area (Å²) in [5.74, 6) is -0.453. The summed E-state index contributed by atoms with van der Waals surface area (Å²) in [7, 11) is 1.59. The van der Waals surface area contributed by atoms with Gasteiger partial charge in [-0.15, -0.1) is 17.0 Å². The smallest absolute Gasteiger partial charge is 0.317 e. The number of carboxylic acid groups (broad SMARTS) is 1. The summed E-state index contributed by atoms with van der Waals surface area (Å²) in [5, 5.41) is 11.3. The second-order valence-electron chi connectivity index (χ2n) is 6.83. The van der Waals surface area contributed by atoms with Crippen molar-refractivity contribution < 1.29 is 14.7 Å². The van der Waals surface area contributed by atoms with Gasteiger partial charge in [0.15, 0.2) is 5.69 Å². The molecule has 8 nitrogen and oxygen atoms in total. The maximum absolute atomic E-state index is 11.8. The minimum absolute atomic E-state index is 0. The van der Waals surface area contributed by atoms with Crippen LogP contribution in [0, 0.1) is 6.92 Å². The summed E-state index contributed by atoms with van der Waals surface area (Å²) in [6, 6.07) is 7.84. The van der Waals surface area contributed by atoms with Gasteiger partial charge >= 0.3 is 5.97 Å². The fourth-order valence-electron chi connectivity index (χ4n) is 3.24. The molecule has 2 heterocycles. The molecule has 0 spiro atoms. The number of carbonyl (C=O) groups excluding carboxylic acids is 1. The standard InChI is InChI=1S/C18H22N4O.C3H7NO2.BrH/c1-3-4-5-8-11-22-12(2)20-15-16(18(19)23)21-14-10-7-6-9-13(14)17(15)22;1-4-2-3(5)6;/h6-7,9-10H,3-5,8,11H2,1-2H3,(H2,19,23);4H,2H2,1H3,(H,5,6);1H. The largest absolute Gasteiger partial charge is 0.480 e. The third-order valence-corrected chi connectivity index (χ3v) is 4.57. The van der Waals surface area contributed by atoms with E-state index >= 15 is 0 Å². The van der Waals surface area contributed by atoms with Gasteiger partial charge in [0.25, 0.3) is 5.91 Å². The number of primary amides is 1. The molecule has 0 aliphatic heterocycles. The first-order valence-corrected chi connectivity index (χ1v) is 9.82. The average molecular weight is 480 g/mol. The van der Waals surface area contributed by atoms with Crippen molar-refractivity contribution in [3.05, 3.63) is 35.8 Å². The van der Waals surface area contributed by atoms with Crippen molar-refractivity contribution in [1.82, 2.24) is 19.9 Å². The van der Waals surface area contributed by atoms with Crippen molar-refractivity contribution in [2.75, 3.05) is 13.6 Å². The van der Waals surface area contributed by atoms with E-state index in [1.807, 2.05) is 31.2 Å². The molecule has 4 N–H and O–H groups in total. The van der Waals surface area contributed by atoms with Crippen LogP contribution in [-0.4, -0.2) is 45.1 Å². The fourth-order valence-corrected chi connectivity index (χ4v) is 3.24. The van der Waals surface area contributed by atoms with Crippen LogP contribution in [0.3, 0.4) is 0 Å². The topological polar surface area (TPSA) is 123 Å². The number of unbranched alkanes of at least 4 members (excludes halogenated alkanes) is 3. The molecule has 0 atom stereocenters. The highest BCUT2D eigenvalue weighted by Gasteiger charge is 2.18. The Morgan fingerprint density at radius 1 is 1.17 bits per heavy atom. The Balaban J connectivity index is 0.000000567. The van der Waals surface area contributed by atoms with Crippen LogP contribution in [0.5, 0.6) is 0 Å². The molecule has 30 heavy (non-hydrogen) atoms. The van der Waals surface area contributed by atoms with E-state index in [-0.39, 0.29) is 29.2 Å². The van der Waals surface area contributed by atoms with Crippen LogP contribution < -0.4 is 11.1 Å². The highest BCUT2D eigenvalue weighted by Crippen LogP contribution is 2.27. The summed E-state index contributed by atoms with van der Waals surface area (Å²) in [5.41, 5.74) is 8.14. The number of benzene rings is 1. The number of nitrogens with one attached hydrogen (secondary N) is 1. The molecule has 0 saturated carbocycles. The number of para-hydroxylation sites is 1. The van der Waals surface area contributed by atoms with Gasteiger partial charge in [-0.2, -0.15) is 0 Å². The molecule has 0 saturated heterocycles. The Morgan fingerprint density at radius 2 is 1.87 bits per heavy atom. The number of amides is 1. The van der Waals surface area contributed by atoms with Crippen molar-refractivity contribution in [3.8, 4) is 0 Å². The first-order chi connectivity index (χ1) is 13.9. The number of nitrogens with zero attached hydrogens (tertiary/aromatic N) is 3. The fraction of sp³-hybridized carbons (Fsp3) is 0.429. The number of carboxylic acids is 1. The van der Waals surface area contributed by atoms with Crippen molar-refractivity contribution in [1.29, 1.82) is 0 Å². The number of imidazole rings is 1. The molecule has 9 heteroatoms. The molecule has 1 aromatic carbocycles. The Bertz CT molecular complexity index is 1000. The zero-order valence-corrected chi connectivity index (χ0v) is 19.4. The summed E-state index contributed by atoms with van der Waals surface area (Å²) in [6.07, 6.45) is 4.74. The molecule has 2 aromatic heterocycles. The number of aliphatic carboxylic acids is 1. The maximum atomic E-state index is 11.8. The van der Waals surface area contributed by atoms with Crippen LogP contribution in [0.2, 0.25) is 0 Å². The number of carbonyl (C=O) groups is 2. The third kappa shape index (κ3) is 6.24. The van der Waals surface area contributed by atoms with Gasteiger partial charge in [0, 0.05) is 11.9 Å². The molecule has 3 rings (SSSR count). The molecule has 3 aromatic rings. The number of nitrogens with two attached hydrogens (primary N) is 1. The van der Waals surface area contributed by atoms with E-state index < -0.39 is 11.9 Å². The highest BCUT2D eigenvalue weighted by molar-refractivity contribution is 8.93. The van der Waals surface area contributed by atoms with E-state index in [4.69, 9.17) is 10.8 Å². The molecule has 164 valence electrons. The normalized spacial score (nSPS) is 10.4. The van der Waals surface area contributed by atoms with Gasteiger partial charge in [-0.1, -0.05) is 44.4 Å². The van der Waals surface area contributed by atoms with Crippen LogP contribution in [0.25, 0.3) is 21.9 Å². The average Bonchev–Trinajstić information content (AvgIpc) is 3.01. The van der Waals surface area contributed by atoms with Gasteiger partial charge in [0.2, 0.25) is 0 Å². The third-order valence-electron chi connectivity index (χ3n) is 4.57. The highest BCUT2D eigenvalue weighted by atomic mass is 79.9. The first-order valence-electron chi connectivity index (χ1n) is 9.82. The minimum atomic E-state index is -0.822. The number of likely N-dealkylation sites (N-methyl/N-ethyl adjacent to an activating group) is 1. The van der Waals surface area contributed by atoms with E-state index in [0.717, 1.165) is 35.2 Å². The predicted molar refractivity (Wildman–Crippen MR) is 124 cm³/mol. The molecular weight excluding hydrogens is 450 g/mol. The number of aryl methyl sites for hydroxylation is 2. The van der Waals surface area contributed by atoms with Gasteiger partial charge in [-0.05, 0) is 26.5 Å². The summed E-state index contributed by atoms with van der Waals surface area (Å²) in [6.45, 7) is 5.12. The van der Waals surface area contributed by atoms with Crippen LogP contribution in [0.1, 0.15) is 48.9 Å². The molecule has 0 radical (unpaired) electrons. The summed E-state index contributed by atoms with van der Waals surface area (Å²) >= 11 is 0. The van der Waals surface area contributed by atoms with E-state index in [1.54, 1.807) is 7.05 Å². The van der Waals surface area contributed by atoms with Crippen LogP contribution in [-0.2, 0) is 11.3 Å². The van der Waals surface area contributed by atoms with Gasteiger partial charge < -0.3 is 20.7 Å². The Morgan fingerprint density at radius 3 is 2.43 bits per heavy atom. The van der Waals surface area contributed by atoms with Crippen molar-refractivity contribution >= 4 is 50.8 Å². The molecular formula is C21H30BrN5O3. The number of halogens is 1. The lowest BCUT2D eigenvalue weighted by Crippen LogP contribution is -2.16. The molecule has 0 bridgehead atoms. The second kappa shape index (κ2) is 12.2. The number of aromatic nitrogens is 3. The monoisotopic (exact) mass is 479 g/mol. The molecule has 0 aliphatic carbocycles. The lowest BCUT2D eigenvalue weighted by molar-refractivity contribution is -0.135. The van der Waals surface area contributed by atoms with Gasteiger partial charge in [0.1, 0.15) is 11.3 Å². The number of fused-ring (bicyclic) bond motifs is 3. The first kappa shape index (κ1) is 25.5. The van der Waals surface area contributed by atoms with Crippen LogP contribution >= 0.6 is 17.0 Å². The zero-order valence-electron chi connectivity index (χ0n) is 17.6. The Kier molecular flexibility index (Phi) is 10.4. The maximum Gasteiger partial charge on any atom is 0.317 e. The van der Waals surface area contributed by atoms with Crippen molar-refractivity contribution in [3.63, 3.8) is 0 Å². The second-order valence-corrected chi connectivity index (χ2v) is 6.83. The van der Waals surface area contributed by atoms with E-state index in [1.165, 1.54) is 19.3 Å². The Hall–Kier alpha value is -2.52. The molecule has 0 unspecified atom stereocenters. The molecule has 0 fully saturated rings. The number of hydrogen-bond donors (Lipinski definition) is 3. The van der Waals surface area contributed by atoms with E-state index in [9.17, 15) is 9.59 Å².